The first-order valence-corrected chi connectivity index (χ1v) is 10.7. The van der Waals surface area contributed by atoms with Gasteiger partial charge in [-0.05, 0) is 49.2 Å². The summed E-state index contributed by atoms with van der Waals surface area (Å²) in [6, 6.07) is 8.90. The van der Waals surface area contributed by atoms with Gasteiger partial charge >= 0.3 is 6.18 Å². The molecular formula is C26H21F3N4O. The van der Waals surface area contributed by atoms with Gasteiger partial charge in [-0.1, -0.05) is 31.6 Å². The molecular weight excluding hydrogens is 441 g/mol. The number of ether oxygens (including phenoxy) is 1. The summed E-state index contributed by atoms with van der Waals surface area (Å²) in [4.78, 5) is 8.80. The van der Waals surface area contributed by atoms with Crippen molar-refractivity contribution >= 4 is 29.1 Å². The van der Waals surface area contributed by atoms with Gasteiger partial charge in [-0.15, -0.1) is 0 Å². The zero-order valence-electron chi connectivity index (χ0n) is 18.6. The normalized spacial score (nSPS) is 14.1. The number of nitriles is 1. The van der Waals surface area contributed by atoms with E-state index in [1.165, 1.54) is 12.3 Å². The van der Waals surface area contributed by atoms with Crippen molar-refractivity contribution in [2.45, 2.75) is 32.9 Å². The van der Waals surface area contributed by atoms with E-state index in [1.807, 2.05) is 25.2 Å². The Morgan fingerprint density at radius 3 is 2.76 bits per heavy atom. The molecule has 8 heteroatoms. The third-order valence-electron chi connectivity index (χ3n) is 5.33. The van der Waals surface area contributed by atoms with Crippen LogP contribution in [0.2, 0.25) is 0 Å². The maximum absolute atomic E-state index is 13.1. The molecule has 2 aromatic heterocycles. The summed E-state index contributed by atoms with van der Waals surface area (Å²) in [6.07, 6.45) is 6.10. The Labute approximate surface area is 194 Å². The molecule has 1 aliphatic heterocycles. The van der Waals surface area contributed by atoms with Crippen LogP contribution in [0.5, 0.6) is 11.5 Å². The number of hydrogen-bond acceptors (Lipinski definition) is 5. The van der Waals surface area contributed by atoms with Crippen LogP contribution in [-0.2, 0) is 6.18 Å². The number of nitrogens with zero attached hydrogens (tertiary/aromatic N) is 3. The van der Waals surface area contributed by atoms with Crippen LogP contribution in [0.25, 0.3) is 17.7 Å². The van der Waals surface area contributed by atoms with E-state index < -0.39 is 11.7 Å². The summed E-state index contributed by atoms with van der Waals surface area (Å²) < 4.78 is 45.2. The van der Waals surface area contributed by atoms with Crippen LogP contribution in [0, 0.1) is 11.3 Å². The van der Waals surface area contributed by atoms with Crippen molar-refractivity contribution in [1.82, 2.24) is 9.97 Å². The fourth-order valence-corrected chi connectivity index (χ4v) is 3.58. The van der Waals surface area contributed by atoms with Gasteiger partial charge in [0, 0.05) is 11.4 Å². The molecule has 1 aliphatic rings. The van der Waals surface area contributed by atoms with Gasteiger partial charge in [0.2, 0.25) is 0 Å². The lowest BCUT2D eigenvalue weighted by Crippen LogP contribution is -2.31. The first kappa shape index (κ1) is 23.1. The van der Waals surface area contributed by atoms with E-state index in [4.69, 9.17) is 4.74 Å². The first-order valence-electron chi connectivity index (χ1n) is 10.7. The van der Waals surface area contributed by atoms with Crippen LogP contribution in [0.1, 0.15) is 43.5 Å². The van der Waals surface area contributed by atoms with Crippen LogP contribution >= 0.6 is 0 Å². The summed E-state index contributed by atoms with van der Waals surface area (Å²) in [7, 11) is 0. The average molecular weight is 462 g/mol. The maximum atomic E-state index is 13.1. The minimum atomic E-state index is -4.47. The van der Waals surface area contributed by atoms with E-state index in [2.05, 4.69) is 28.3 Å². The fourth-order valence-electron chi connectivity index (χ4n) is 3.58. The van der Waals surface area contributed by atoms with Crippen molar-refractivity contribution in [2.24, 2.45) is 0 Å². The molecule has 0 spiro atoms. The lowest BCUT2D eigenvalue weighted by Gasteiger charge is -2.23. The maximum Gasteiger partial charge on any atom is 0.416 e. The van der Waals surface area contributed by atoms with Gasteiger partial charge in [0.15, 0.2) is 11.5 Å². The summed E-state index contributed by atoms with van der Waals surface area (Å²) in [5.41, 5.74) is 2.07. The standard InChI is InChI=1S/C26H21F3N4O/c1-3-4-7-20-19(10-8-16(2)24-17(14-30)6-5-12-31-24)25-23(15-32-20)34-22-13-18(26(27,28)29)9-11-21(22)33-25/h5-13,15,33H,3-4H2,1-2H3/b16-8+,19-10+,20-7-. The average Bonchev–Trinajstić information content (AvgIpc) is 2.83. The quantitative estimate of drug-likeness (QED) is 0.423. The highest BCUT2D eigenvalue weighted by molar-refractivity contribution is 5.78. The Morgan fingerprint density at radius 1 is 1.21 bits per heavy atom. The third kappa shape index (κ3) is 4.64. The van der Waals surface area contributed by atoms with E-state index >= 15 is 0 Å². The Morgan fingerprint density at radius 2 is 2.03 bits per heavy atom. The molecule has 0 aliphatic carbocycles. The molecule has 0 fully saturated rings. The Bertz CT molecular complexity index is 1440. The van der Waals surface area contributed by atoms with Crippen LogP contribution in [0.4, 0.5) is 24.5 Å². The highest BCUT2D eigenvalue weighted by Gasteiger charge is 2.32. The molecule has 0 saturated carbocycles. The Balaban J connectivity index is 1.84. The zero-order chi connectivity index (χ0) is 24.3. The van der Waals surface area contributed by atoms with Gasteiger partial charge in [-0.25, -0.2) is 0 Å². The number of unbranched alkanes of at least 4 members (excludes halogenated alkanes) is 1. The number of hydrogen-bond donors (Lipinski definition) is 1. The van der Waals surface area contributed by atoms with Gasteiger partial charge in [-0.3, -0.25) is 9.97 Å². The molecule has 0 radical (unpaired) electrons. The zero-order valence-corrected chi connectivity index (χ0v) is 18.6. The van der Waals surface area contributed by atoms with E-state index in [9.17, 15) is 18.4 Å². The number of benzene rings is 1. The smallest absolute Gasteiger partial charge is 0.416 e. The van der Waals surface area contributed by atoms with Crippen molar-refractivity contribution < 1.29 is 17.9 Å². The van der Waals surface area contributed by atoms with Gasteiger partial charge in [0.05, 0.1) is 39.7 Å². The Hall–Kier alpha value is -4.12. The molecule has 0 saturated heterocycles. The summed E-state index contributed by atoms with van der Waals surface area (Å²) in [5.74, 6) is 0.410. The second kappa shape index (κ2) is 9.40. The van der Waals surface area contributed by atoms with E-state index in [-0.39, 0.29) is 5.75 Å². The van der Waals surface area contributed by atoms with Crippen LogP contribution in [-0.4, -0.2) is 9.97 Å². The number of rotatable bonds is 4. The van der Waals surface area contributed by atoms with Crippen LogP contribution < -0.4 is 20.6 Å². The molecule has 0 amide bonds. The second-order valence-corrected chi connectivity index (χ2v) is 7.75. The molecule has 4 rings (SSSR count). The number of nitrogens with one attached hydrogen (secondary N) is 1. The molecule has 5 nitrogen and oxygen atoms in total. The molecule has 3 aromatic rings. The largest absolute Gasteiger partial charge is 0.451 e. The lowest BCUT2D eigenvalue weighted by molar-refractivity contribution is -0.137. The fraction of sp³-hybridized carbons (Fsp3) is 0.192. The molecule has 3 heterocycles. The van der Waals surface area contributed by atoms with Gasteiger partial charge in [0.25, 0.3) is 0 Å². The molecule has 172 valence electrons. The minimum Gasteiger partial charge on any atom is -0.451 e. The van der Waals surface area contributed by atoms with Crippen molar-refractivity contribution in [1.29, 1.82) is 5.26 Å². The third-order valence-corrected chi connectivity index (χ3v) is 5.33. The molecule has 0 atom stereocenters. The van der Waals surface area contributed by atoms with Crippen molar-refractivity contribution in [3.8, 4) is 17.6 Å². The monoisotopic (exact) mass is 462 g/mol. The first-order chi connectivity index (χ1) is 16.3. The lowest BCUT2D eigenvalue weighted by atomic mass is 10.1. The number of fused-ring (bicyclic) bond motifs is 2. The van der Waals surface area contributed by atoms with E-state index in [0.717, 1.165) is 41.1 Å². The molecule has 1 N–H and O–H groups in total. The van der Waals surface area contributed by atoms with Crippen molar-refractivity contribution in [3.63, 3.8) is 0 Å². The van der Waals surface area contributed by atoms with Gasteiger partial charge in [0.1, 0.15) is 6.07 Å². The van der Waals surface area contributed by atoms with E-state index in [1.54, 1.807) is 18.3 Å². The predicted octanol–water partition coefficient (Wildman–Crippen LogP) is 5.68. The van der Waals surface area contributed by atoms with E-state index in [0.29, 0.717) is 28.4 Å². The summed E-state index contributed by atoms with van der Waals surface area (Å²) in [5, 5.41) is 14.0. The number of alkyl halides is 3. The highest BCUT2D eigenvalue weighted by Crippen LogP contribution is 2.42. The highest BCUT2D eigenvalue weighted by atomic mass is 19.4. The molecule has 0 unspecified atom stereocenters. The predicted molar refractivity (Wildman–Crippen MR) is 125 cm³/mol. The van der Waals surface area contributed by atoms with Crippen LogP contribution in [0.15, 0.2) is 48.8 Å². The number of anilines is 2. The number of aromatic nitrogens is 2. The van der Waals surface area contributed by atoms with Crippen molar-refractivity contribution in [3.05, 3.63) is 76.2 Å². The van der Waals surface area contributed by atoms with Crippen LogP contribution in [0.3, 0.4) is 0 Å². The molecule has 34 heavy (non-hydrogen) atoms. The van der Waals surface area contributed by atoms with Crippen molar-refractivity contribution in [2.75, 3.05) is 5.32 Å². The van der Waals surface area contributed by atoms with Gasteiger partial charge in [-0.2, -0.15) is 18.4 Å². The summed E-state index contributed by atoms with van der Waals surface area (Å²) in [6.45, 7) is 3.92. The number of pyridine rings is 2. The number of halogens is 3. The second-order valence-electron chi connectivity index (χ2n) is 7.75. The molecule has 0 bridgehead atoms. The number of allylic oxidation sites excluding steroid dienone is 2. The minimum absolute atomic E-state index is 0.0826. The Kier molecular flexibility index (Phi) is 6.37. The van der Waals surface area contributed by atoms with Gasteiger partial charge < -0.3 is 10.1 Å². The SMILES string of the molecule is CCC\C=c1/ncc2c(/c1=C/C=C(\C)c1ncccc1C#N)Nc1ccc(C(F)(F)F)cc1O2. The summed E-state index contributed by atoms with van der Waals surface area (Å²) >= 11 is 0. The topological polar surface area (TPSA) is 70.8 Å². The molecule has 1 aromatic carbocycles.